The van der Waals surface area contributed by atoms with Crippen LogP contribution in [0.2, 0.25) is 0 Å². The minimum atomic E-state index is -0.426. The molecule has 36 heavy (non-hydrogen) atoms. The molecule has 3 aromatic heterocycles. The standard InChI is InChI=1S/C26H27FN6O2S/c1-4-29-24(34)18-7-5-17(6-8-18)9-10-30-25(35)22-23-21(11-15(2)36-23)32-26(33-22)31-16(3)19-12-20(27)14-28-13-19/h5-8,11-14,16H,4,9-10H2,1-3H3,(H,29,34)(H,30,35)(H,31,32,33). The molecule has 0 aliphatic rings. The number of hydrogen-bond donors (Lipinski definition) is 3. The van der Waals surface area contributed by atoms with Gasteiger partial charge in [0.05, 0.1) is 22.5 Å². The first-order chi connectivity index (χ1) is 17.3. The van der Waals surface area contributed by atoms with Crippen LogP contribution in [0.15, 0.2) is 48.8 Å². The van der Waals surface area contributed by atoms with E-state index >= 15 is 0 Å². The van der Waals surface area contributed by atoms with Gasteiger partial charge in [-0.05, 0) is 62.6 Å². The Hall–Kier alpha value is -3.92. The number of pyridine rings is 1. The van der Waals surface area contributed by atoms with Crippen molar-refractivity contribution >= 4 is 39.3 Å². The lowest BCUT2D eigenvalue weighted by Crippen LogP contribution is -2.27. The number of hydrogen-bond acceptors (Lipinski definition) is 7. The molecule has 0 saturated carbocycles. The summed E-state index contributed by atoms with van der Waals surface area (Å²) < 4.78 is 14.3. The van der Waals surface area contributed by atoms with E-state index in [0.29, 0.717) is 40.9 Å². The van der Waals surface area contributed by atoms with Crippen LogP contribution in [0, 0.1) is 12.7 Å². The number of aryl methyl sites for hydroxylation is 1. The van der Waals surface area contributed by atoms with E-state index in [9.17, 15) is 14.0 Å². The average Bonchev–Trinajstić information content (AvgIpc) is 3.24. The number of fused-ring (bicyclic) bond motifs is 1. The van der Waals surface area contributed by atoms with Crippen LogP contribution in [0.5, 0.6) is 0 Å². The minimum Gasteiger partial charge on any atom is -0.352 e. The van der Waals surface area contributed by atoms with Crippen molar-refractivity contribution in [3.63, 3.8) is 0 Å². The monoisotopic (exact) mass is 506 g/mol. The molecule has 0 radical (unpaired) electrons. The summed E-state index contributed by atoms with van der Waals surface area (Å²) in [7, 11) is 0. The SMILES string of the molecule is CCNC(=O)c1ccc(CCNC(=O)c2nc(NC(C)c3cncc(F)c3)nc3cc(C)sc23)cc1. The van der Waals surface area contributed by atoms with Crippen molar-refractivity contribution in [3.05, 3.63) is 81.9 Å². The summed E-state index contributed by atoms with van der Waals surface area (Å²) >= 11 is 1.46. The largest absolute Gasteiger partial charge is 0.352 e. The van der Waals surface area contributed by atoms with E-state index in [1.807, 2.05) is 39.0 Å². The van der Waals surface area contributed by atoms with Crippen LogP contribution in [0.1, 0.15) is 56.7 Å². The number of carbonyl (C=O) groups is 2. The summed E-state index contributed by atoms with van der Waals surface area (Å²) in [6.45, 7) is 6.65. The molecule has 1 unspecified atom stereocenters. The molecule has 4 rings (SSSR count). The Morgan fingerprint density at radius 2 is 1.83 bits per heavy atom. The number of nitrogens with one attached hydrogen (secondary N) is 3. The summed E-state index contributed by atoms with van der Waals surface area (Å²) in [5.74, 6) is -0.553. The molecule has 0 aliphatic carbocycles. The first-order valence-corrected chi connectivity index (χ1v) is 12.5. The number of halogens is 1. The highest BCUT2D eigenvalue weighted by Gasteiger charge is 2.18. The number of carbonyl (C=O) groups excluding carboxylic acids is 2. The highest BCUT2D eigenvalue weighted by molar-refractivity contribution is 7.19. The highest BCUT2D eigenvalue weighted by Crippen LogP contribution is 2.28. The summed E-state index contributed by atoms with van der Waals surface area (Å²) in [5.41, 5.74) is 3.21. The third-order valence-corrected chi connectivity index (χ3v) is 6.58. The number of amides is 2. The summed E-state index contributed by atoms with van der Waals surface area (Å²) in [6.07, 6.45) is 3.32. The molecule has 1 aromatic carbocycles. The zero-order valence-corrected chi connectivity index (χ0v) is 21.1. The fraction of sp³-hybridized carbons (Fsp3) is 0.269. The van der Waals surface area contributed by atoms with Gasteiger partial charge in [0.1, 0.15) is 5.82 Å². The zero-order chi connectivity index (χ0) is 25.7. The molecular weight excluding hydrogens is 479 g/mol. The Kier molecular flexibility index (Phi) is 7.84. The molecule has 0 spiro atoms. The lowest BCUT2D eigenvalue weighted by atomic mass is 10.1. The molecule has 0 aliphatic heterocycles. The third kappa shape index (κ3) is 6.01. The molecular formula is C26H27FN6O2S. The predicted molar refractivity (Wildman–Crippen MR) is 139 cm³/mol. The van der Waals surface area contributed by atoms with Crippen LogP contribution in [0.25, 0.3) is 10.2 Å². The van der Waals surface area contributed by atoms with E-state index in [0.717, 1.165) is 16.6 Å². The summed E-state index contributed by atoms with van der Waals surface area (Å²) in [4.78, 5) is 38.9. The van der Waals surface area contributed by atoms with E-state index in [4.69, 9.17) is 0 Å². The van der Waals surface area contributed by atoms with E-state index in [1.54, 1.807) is 18.3 Å². The average molecular weight is 507 g/mol. The summed E-state index contributed by atoms with van der Waals surface area (Å²) in [6, 6.07) is 10.3. The van der Waals surface area contributed by atoms with Crippen molar-refractivity contribution in [1.29, 1.82) is 0 Å². The second-order valence-electron chi connectivity index (χ2n) is 8.33. The van der Waals surface area contributed by atoms with Crippen molar-refractivity contribution in [2.24, 2.45) is 0 Å². The Labute approximate surface area is 212 Å². The second kappa shape index (κ2) is 11.2. The predicted octanol–water partition coefficient (Wildman–Crippen LogP) is 4.43. The smallest absolute Gasteiger partial charge is 0.271 e. The quantitative estimate of drug-likeness (QED) is 0.310. The summed E-state index contributed by atoms with van der Waals surface area (Å²) in [5, 5.41) is 8.86. The molecule has 8 nitrogen and oxygen atoms in total. The van der Waals surface area contributed by atoms with Gasteiger partial charge >= 0.3 is 0 Å². The van der Waals surface area contributed by atoms with E-state index in [2.05, 4.69) is 30.9 Å². The van der Waals surface area contributed by atoms with Gasteiger partial charge in [-0.1, -0.05) is 12.1 Å². The van der Waals surface area contributed by atoms with Gasteiger partial charge in [0, 0.05) is 29.7 Å². The van der Waals surface area contributed by atoms with Crippen LogP contribution >= 0.6 is 11.3 Å². The van der Waals surface area contributed by atoms with E-state index in [-0.39, 0.29) is 29.5 Å². The van der Waals surface area contributed by atoms with Crippen molar-refractivity contribution in [3.8, 4) is 0 Å². The maximum absolute atomic E-state index is 13.6. The van der Waals surface area contributed by atoms with Crippen LogP contribution < -0.4 is 16.0 Å². The molecule has 0 fully saturated rings. The first kappa shape index (κ1) is 25.2. The van der Waals surface area contributed by atoms with Gasteiger partial charge in [-0.2, -0.15) is 0 Å². The van der Waals surface area contributed by atoms with E-state index in [1.165, 1.54) is 17.4 Å². The molecule has 0 bridgehead atoms. The number of aromatic nitrogens is 3. The van der Waals surface area contributed by atoms with Crippen molar-refractivity contribution < 1.29 is 14.0 Å². The third-order valence-electron chi connectivity index (χ3n) is 5.53. The molecule has 10 heteroatoms. The first-order valence-electron chi connectivity index (χ1n) is 11.6. The Morgan fingerprint density at radius 1 is 1.06 bits per heavy atom. The molecule has 3 N–H and O–H groups in total. The molecule has 4 aromatic rings. The normalized spacial score (nSPS) is 11.8. The number of anilines is 1. The van der Waals surface area contributed by atoms with Crippen molar-refractivity contribution in [2.75, 3.05) is 18.4 Å². The van der Waals surface area contributed by atoms with Gasteiger partial charge in [-0.15, -0.1) is 11.3 Å². The fourth-order valence-corrected chi connectivity index (χ4v) is 4.64. The van der Waals surface area contributed by atoms with Gasteiger partial charge in [-0.3, -0.25) is 14.6 Å². The van der Waals surface area contributed by atoms with Crippen LogP contribution in [0.3, 0.4) is 0 Å². The maximum Gasteiger partial charge on any atom is 0.271 e. The van der Waals surface area contributed by atoms with Crippen molar-refractivity contribution in [2.45, 2.75) is 33.2 Å². The van der Waals surface area contributed by atoms with Crippen LogP contribution in [0.4, 0.5) is 10.3 Å². The number of nitrogens with zero attached hydrogens (tertiary/aromatic N) is 3. The maximum atomic E-state index is 13.6. The van der Waals surface area contributed by atoms with Gasteiger partial charge in [0.2, 0.25) is 5.95 Å². The van der Waals surface area contributed by atoms with Gasteiger partial charge in [0.25, 0.3) is 11.8 Å². The molecule has 3 heterocycles. The van der Waals surface area contributed by atoms with Crippen LogP contribution in [-0.2, 0) is 6.42 Å². The van der Waals surface area contributed by atoms with Gasteiger partial charge in [0.15, 0.2) is 5.69 Å². The van der Waals surface area contributed by atoms with Gasteiger partial charge < -0.3 is 16.0 Å². The number of thiophene rings is 1. The Balaban J connectivity index is 1.46. The molecule has 0 saturated heterocycles. The highest BCUT2D eigenvalue weighted by atomic mass is 32.1. The molecule has 1 atom stereocenters. The number of rotatable bonds is 9. The van der Waals surface area contributed by atoms with Crippen LogP contribution in [-0.4, -0.2) is 39.9 Å². The molecule has 2 amide bonds. The number of benzene rings is 1. The van der Waals surface area contributed by atoms with E-state index < -0.39 is 5.82 Å². The Bertz CT molecular complexity index is 1390. The van der Waals surface area contributed by atoms with Crippen molar-refractivity contribution in [1.82, 2.24) is 25.6 Å². The fourth-order valence-electron chi connectivity index (χ4n) is 3.70. The van der Waals surface area contributed by atoms with Gasteiger partial charge in [-0.25, -0.2) is 14.4 Å². The second-order valence-corrected chi connectivity index (χ2v) is 9.59. The lowest BCUT2D eigenvalue weighted by molar-refractivity contribution is 0.0945. The Morgan fingerprint density at radius 3 is 2.56 bits per heavy atom. The minimum absolute atomic E-state index is 0.108. The zero-order valence-electron chi connectivity index (χ0n) is 20.3. The lowest BCUT2D eigenvalue weighted by Gasteiger charge is -2.15. The molecule has 186 valence electrons. The topological polar surface area (TPSA) is 109 Å².